The van der Waals surface area contributed by atoms with Gasteiger partial charge in [0.25, 0.3) is 0 Å². The van der Waals surface area contributed by atoms with Crippen molar-refractivity contribution in [2.45, 2.75) is 12.6 Å². The van der Waals surface area contributed by atoms with E-state index in [1.54, 1.807) is 11.8 Å². The second kappa shape index (κ2) is 5.53. The lowest BCUT2D eigenvalue weighted by Gasteiger charge is -2.38. The highest BCUT2D eigenvalue weighted by molar-refractivity contribution is 5.84. The fourth-order valence-corrected chi connectivity index (χ4v) is 2.42. The van der Waals surface area contributed by atoms with Crippen molar-refractivity contribution in [3.8, 4) is 5.75 Å². The number of aromatic carboxylic acids is 1. The number of aromatic nitrogens is 3. The molecule has 0 unspecified atom stereocenters. The van der Waals surface area contributed by atoms with E-state index in [-0.39, 0.29) is 11.7 Å². The van der Waals surface area contributed by atoms with Crippen molar-refractivity contribution in [3.05, 3.63) is 41.7 Å². The van der Waals surface area contributed by atoms with Crippen LogP contribution in [0.2, 0.25) is 0 Å². The number of likely N-dealkylation sites (tertiary alicyclic amines) is 1. The van der Waals surface area contributed by atoms with Gasteiger partial charge in [-0.3, -0.25) is 4.90 Å². The molecule has 3 rings (SSSR count). The molecule has 2 aromatic rings. The van der Waals surface area contributed by atoms with Crippen LogP contribution in [0, 0.1) is 0 Å². The summed E-state index contributed by atoms with van der Waals surface area (Å²) in [6, 6.07) is 8.17. The van der Waals surface area contributed by atoms with E-state index in [4.69, 9.17) is 9.84 Å². The Kier molecular flexibility index (Phi) is 3.57. The van der Waals surface area contributed by atoms with Crippen LogP contribution in [0.15, 0.2) is 30.5 Å². The molecule has 1 N–H and O–H groups in total. The summed E-state index contributed by atoms with van der Waals surface area (Å²) in [4.78, 5) is 13.0. The minimum atomic E-state index is -1.05. The van der Waals surface area contributed by atoms with Gasteiger partial charge >= 0.3 is 5.97 Å². The van der Waals surface area contributed by atoms with E-state index in [1.807, 2.05) is 18.2 Å². The van der Waals surface area contributed by atoms with Crippen LogP contribution in [0.1, 0.15) is 22.1 Å². The number of carboxylic acids is 1. The number of hydrogen-bond donors (Lipinski definition) is 1. The van der Waals surface area contributed by atoms with Crippen LogP contribution >= 0.6 is 0 Å². The Hall–Kier alpha value is -2.41. The largest absolute Gasteiger partial charge is 0.497 e. The molecule has 1 aromatic heterocycles. The molecule has 0 bridgehead atoms. The van der Waals surface area contributed by atoms with Gasteiger partial charge in [0.05, 0.1) is 19.3 Å². The predicted octanol–water partition coefficient (Wildman–Crippen LogP) is 1.04. The summed E-state index contributed by atoms with van der Waals surface area (Å²) in [7, 11) is 1.66. The van der Waals surface area contributed by atoms with Crippen LogP contribution < -0.4 is 4.74 Å². The SMILES string of the molecule is COc1cccc(CN2CC(n3cc(C(=O)O)nn3)C2)c1. The first-order valence-electron chi connectivity index (χ1n) is 6.66. The van der Waals surface area contributed by atoms with Gasteiger partial charge in [-0.05, 0) is 17.7 Å². The van der Waals surface area contributed by atoms with Crippen molar-refractivity contribution < 1.29 is 14.6 Å². The van der Waals surface area contributed by atoms with E-state index in [0.717, 1.165) is 25.4 Å². The van der Waals surface area contributed by atoms with Gasteiger partial charge in [0.2, 0.25) is 0 Å². The number of carboxylic acid groups (broad SMARTS) is 1. The number of ether oxygens (including phenoxy) is 1. The number of benzene rings is 1. The van der Waals surface area contributed by atoms with Crippen molar-refractivity contribution in [3.63, 3.8) is 0 Å². The predicted molar refractivity (Wildman–Crippen MR) is 74.3 cm³/mol. The Bertz CT molecular complexity index is 649. The minimum absolute atomic E-state index is 0.0127. The van der Waals surface area contributed by atoms with Gasteiger partial charge in [0.15, 0.2) is 5.69 Å². The van der Waals surface area contributed by atoms with Crippen LogP contribution in [0.3, 0.4) is 0 Å². The van der Waals surface area contributed by atoms with Gasteiger partial charge in [-0.15, -0.1) is 5.10 Å². The van der Waals surface area contributed by atoms with E-state index in [9.17, 15) is 4.79 Å². The number of rotatable bonds is 5. The van der Waals surface area contributed by atoms with Crippen molar-refractivity contribution in [1.29, 1.82) is 0 Å². The summed E-state index contributed by atoms with van der Waals surface area (Å²) in [6.07, 6.45) is 1.48. The summed E-state index contributed by atoms with van der Waals surface area (Å²) in [5.74, 6) is -0.194. The molecule has 1 saturated heterocycles. The molecule has 1 aromatic carbocycles. The highest BCUT2D eigenvalue weighted by atomic mass is 16.5. The summed E-state index contributed by atoms with van der Waals surface area (Å²) < 4.78 is 6.84. The van der Waals surface area contributed by atoms with Gasteiger partial charge in [0, 0.05) is 19.6 Å². The Morgan fingerprint density at radius 3 is 2.95 bits per heavy atom. The van der Waals surface area contributed by atoms with Gasteiger partial charge in [-0.2, -0.15) is 0 Å². The highest BCUT2D eigenvalue weighted by Gasteiger charge is 2.29. The summed E-state index contributed by atoms with van der Waals surface area (Å²) in [5, 5.41) is 16.3. The second-order valence-corrected chi connectivity index (χ2v) is 5.09. The fourth-order valence-electron chi connectivity index (χ4n) is 2.42. The van der Waals surface area contributed by atoms with E-state index in [0.29, 0.717) is 0 Å². The molecule has 7 heteroatoms. The van der Waals surface area contributed by atoms with Crippen molar-refractivity contribution in [1.82, 2.24) is 19.9 Å². The quantitative estimate of drug-likeness (QED) is 0.885. The molecule has 2 heterocycles. The lowest BCUT2D eigenvalue weighted by atomic mass is 10.1. The third kappa shape index (κ3) is 2.87. The molecular formula is C14H16N4O3. The zero-order chi connectivity index (χ0) is 14.8. The Balaban J connectivity index is 1.56. The number of nitrogens with zero attached hydrogens (tertiary/aromatic N) is 4. The van der Waals surface area contributed by atoms with Gasteiger partial charge in [-0.1, -0.05) is 17.3 Å². The van der Waals surface area contributed by atoms with Crippen molar-refractivity contribution >= 4 is 5.97 Å². The smallest absolute Gasteiger partial charge is 0.358 e. The van der Waals surface area contributed by atoms with E-state index in [1.165, 1.54) is 11.8 Å². The Morgan fingerprint density at radius 1 is 1.48 bits per heavy atom. The number of carbonyl (C=O) groups is 1. The average molecular weight is 288 g/mol. The molecule has 1 aliphatic rings. The molecular weight excluding hydrogens is 272 g/mol. The van der Waals surface area contributed by atoms with Crippen LogP contribution in [-0.4, -0.2) is 51.2 Å². The van der Waals surface area contributed by atoms with Crippen molar-refractivity contribution in [2.24, 2.45) is 0 Å². The third-order valence-electron chi connectivity index (χ3n) is 3.58. The zero-order valence-electron chi connectivity index (χ0n) is 11.6. The monoisotopic (exact) mass is 288 g/mol. The number of hydrogen-bond acceptors (Lipinski definition) is 5. The molecule has 7 nitrogen and oxygen atoms in total. The molecule has 110 valence electrons. The van der Waals surface area contributed by atoms with Crippen LogP contribution in [0.4, 0.5) is 0 Å². The van der Waals surface area contributed by atoms with Crippen molar-refractivity contribution in [2.75, 3.05) is 20.2 Å². The highest BCUT2D eigenvalue weighted by Crippen LogP contribution is 2.23. The van der Waals surface area contributed by atoms with E-state index < -0.39 is 5.97 Å². The molecule has 1 aliphatic heterocycles. The lowest BCUT2D eigenvalue weighted by Crippen LogP contribution is -2.47. The molecule has 0 saturated carbocycles. The maximum absolute atomic E-state index is 10.8. The van der Waals surface area contributed by atoms with Crippen LogP contribution in [0.25, 0.3) is 0 Å². The second-order valence-electron chi connectivity index (χ2n) is 5.09. The first-order valence-corrected chi connectivity index (χ1v) is 6.66. The normalized spacial score (nSPS) is 15.7. The molecule has 1 fully saturated rings. The standard InChI is InChI=1S/C14H16N4O3/c1-21-12-4-2-3-10(5-12)6-17-7-11(8-17)18-9-13(14(19)20)15-16-18/h2-5,9,11H,6-8H2,1H3,(H,19,20). The van der Waals surface area contributed by atoms with Crippen LogP contribution in [-0.2, 0) is 6.54 Å². The maximum atomic E-state index is 10.8. The first-order chi connectivity index (χ1) is 10.2. The van der Waals surface area contributed by atoms with Gasteiger partial charge in [0.1, 0.15) is 5.75 Å². The molecule has 0 atom stereocenters. The molecule has 0 radical (unpaired) electrons. The summed E-state index contributed by atoms with van der Waals surface area (Å²) in [6.45, 7) is 2.51. The topological polar surface area (TPSA) is 80.5 Å². The molecule has 0 amide bonds. The van der Waals surface area contributed by atoms with Gasteiger partial charge in [-0.25, -0.2) is 9.48 Å². The maximum Gasteiger partial charge on any atom is 0.358 e. The molecule has 21 heavy (non-hydrogen) atoms. The lowest BCUT2D eigenvalue weighted by molar-refractivity contribution is 0.0690. The fraction of sp³-hybridized carbons (Fsp3) is 0.357. The summed E-state index contributed by atoms with van der Waals surface area (Å²) in [5.41, 5.74) is 1.18. The minimum Gasteiger partial charge on any atom is -0.497 e. The summed E-state index contributed by atoms with van der Waals surface area (Å²) >= 11 is 0. The third-order valence-corrected chi connectivity index (χ3v) is 3.58. The van der Waals surface area contributed by atoms with E-state index >= 15 is 0 Å². The Labute approximate surface area is 121 Å². The van der Waals surface area contributed by atoms with Gasteiger partial charge < -0.3 is 9.84 Å². The number of methoxy groups -OCH3 is 1. The van der Waals surface area contributed by atoms with Crippen LogP contribution in [0.5, 0.6) is 5.75 Å². The Morgan fingerprint density at radius 2 is 2.29 bits per heavy atom. The average Bonchev–Trinajstić information content (AvgIpc) is 2.92. The first kappa shape index (κ1) is 13.6. The zero-order valence-corrected chi connectivity index (χ0v) is 11.6. The molecule has 0 spiro atoms. The van der Waals surface area contributed by atoms with E-state index in [2.05, 4.69) is 21.3 Å². The molecule has 0 aliphatic carbocycles.